The number of amides is 1. The highest BCUT2D eigenvalue weighted by molar-refractivity contribution is 6.01. The van der Waals surface area contributed by atoms with Crippen LogP contribution in [-0.4, -0.2) is 57.0 Å². The zero-order chi connectivity index (χ0) is 21.9. The van der Waals surface area contributed by atoms with Gasteiger partial charge in [0.05, 0.1) is 19.6 Å². The number of carbonyl (C=O) groups is 1. The molecule has 0 radical (unpaired) electrons. The van der Waals surface area contributed by atoms with Crippen LogP contribution in [0.25, 0.3) is 10.8 Å². The lowest BCUT2D eigenvalue weighted by Gasteiger charge is -2.34. The van der Waals surface area contributed by atoms with Gasteiger partial charge in [0.15, 0.2) is 0 Å². The maximum Gasteiger partial charge on any atom is 0.391 e. The first-order valence-electron chi connectivity index (χ1n) is 9.83. The highest BCUT2D eigenvalue weighted by Gasteiger charge is 2.41. The number of pyridine rings is 1. The third-order valence-corrected chi connectivity index (χ3v) is 5.31. The second kappa shape index (κ2) is 9.07. The summed E-state index contributed by atoms with van der Waals surface area (Å²) < 4.78 is 49.3. The van der Waals surface area contributed by atoms with Gasteiger partial charge in [-0.2, -0.15) is 18.2 Å². The van der Waals surface area contributed by atoms with E-state index in [9.17, 15) is 18.0 Å². The molecule has 1 fully saturated rings. The molecular formula is C21H26F3N3O3. The summed E-state index contributed by atoms with van der Waals surface area (Å²) in [5, 5.41) is 4.36. The summed E-state index contributed by atoms with van der Waals surface area (Å²) in [5.41, 5.74) is 0.473. The van der Waals surface area contributed by atoms with E-state index < -0.39 is 12.1 Å². The average Bonchev–Trinajstić information content (AvgIpc) is 2.72. The Morgan fingerprint density at radius 1 is 1.27 bits per heavy atom. The lowest BCUT2D eigenvalue weighted by molar-refractivity contribution is -0.179. The minimum absolute atomic E-state index is 0.0295. The van der Waals surface area contributed by atoms with Crippen molar-refractivity contribution in [2.24, 2.45) is 5.92 Å². The molecule has 1 atom stereocenters. The summed E-state index contributed by atoms with van der Waals surface area (Å²) in [4.78, 5) is 18.9. The van der Waals surface area contributed by atoms with Crippen LogP contribution in [0.5, 0.6) is 5.88 Å². The molecule has 1 aromatic heterocycles. The van der Waals surface area contributed by atoms with Gasteiger partial charge in [-0.3, -0.25) is 4.79 Å². The molecule has 3 rings (SSSR count). The second-order valence-electron chi connectivity index (χ2n) is 7.56. The van der Waals surface area contributed by atoms with Gasteiger partial charge in [-0.25, -0.2) is 0 Å². The third kappa shape index (κ3) is 4.95. The Bertz CT molecular complexity index is 896. The summed E-state index contributed by atoms with van der Waals surface area (Å²) in [6, 6.07) is 6.78. The zero-order valence-electron chi connectivity index (χ0n) is 17.3. The minimum atomic E-state index is -4.17. The molecular weight excluding hydrogens is 399 g/mol. The maximum atomic E-state index is 13.0. The van der Waals surface area contributed by atoms with E-state index >= 15 is 0 Å². The molecule has 30 heavy (non-hydrogen) atoms. The number of halogens is 3. The van der Waals surface area contributed by atoms with Crippen LogP contribution in [0.3, 0.4) is 0 Å². The number of benzene rings is 1. The number of hydrogen-bond acceptors (Lipinski definition) is 5. The molecule has 2 aromatic rings. The Hall–Kier alpha value is -2.55. The molecule has 1 amide bonds. The number of piperidine rings is 1. The molecule has 6 nitrogen and oxygen atoms in total. The number of nitrogens with one attached hydrogen (secondary N) is 1. The first kappa shape index (κ1) is 22.1. The smallest absolute Gasteiger partial charge is 0.391 e. The summed E-state index contributed by atoms with van der Waals surface area (Å²) in [7, 11) is 3.05. The molecule has 1 saturated heterocycles. The molecule has 1 aromatic carbocycles. The van der Waals surface area contributed by atoms with Gasteiger partial charge in [0.1, 0.15) is 5.82 Å². The van der Waals surface area contributed by atoms with E-state index in [4.69, 9.17) is 9.47 Å². The average molecular weight is 425 g/mol. The fourth-order valence-electron chi connectivity index (χ4n) is 3.72. The molecule has 0 saturated carbocycles. The van der Waals surface area contributed by atoms with Crippen LogP contribution >= 0.6 is 0 Å². The molecule has 1 aliphatic rings. The largest absolute Gasteiger partial charge is 0.481 e. The van der Waals surface area contributed by atoms with Crippen molar-refractivity contribution in [2.75, 3.05) is 38.8 Å². The quantitative estimate of drug-likeness (QED) is 0.763. The highest BCUT2D eigenvalue weighted by Crippen LogP contribution is 2.37. The van der Waals surface area contributed by atoms with Crippen molar-refractivity contribution in [3.8, 4) is 5.88 Å². The van der Waals surface area contributed by atoms with Crippen molar-refractivity contribution >= 4 is 22.5 Å². The van der Waals surface area contributed by atoms with Crippen molar-refractivity contribution in [1.82, 2.24) is 10.3 Å². The number of rotatable bonds is 6. The highest BCUT2D eigenvalue weighted by atomic mass is 19.4. The number of aromatic nitrogens is 1. The summed E-state index contributed by atoms with van der Waals surface area (Å²) in [6.07, 6.45) is -4.11. The van der Waals surface area contributed by atoms with E-state index in [1.807, 2.05) is 11.8 Å². The van der Waals surface area contributed by atoms with E-state index in [1.54, 1.807) is 31.4 Å². The topological polar surface area (TPSA) is 63.7 Å². The number of ether oxygens (including phenoxy) is 2. The van der Waals surface area contributed by atoms with Crippen molar-refractivity contribution in [2.45, 2.75) is 32.0 Å². The monoisotopic (exact) mass is 425 g/mol. The number of alkyl halides is 3. The molecule has 9 heteroatoms. The molecule has 0 spiro atoms. The van der Waals surface area contributed by atoms with Gasteiger partial charge in [0.25, 0.3) is 5.91 Å². The molecule has 2 heterocycles. The standard InChI is InChI=1S/C21H26F3N3O3/c1-13(12-29-2)25-20(28)14-4-5-17-15(10-14)11-18(30-3)26-19(17)27-8-6-16(7-9-27)21(22,23)24/h4-5,10-11,13,16H,6-9,12H2,1-3H3,(H,25,28)/t13-/m0/s1. The van der Waals surface area contributed by atoms with Crippen LogP contribution in [-0.2, 0) is 4.74 Å². The Morgan fingerprint density at radius 2 is 1.97 bits per heavy atom. The van der Waals surface area contributed by atoms with Crippen LogP contribution < -0.4 is 15.0 Å². The Kier molecular flexibility index (Phi) is 6.70. The predicted octanol–water partition coefficient (Wildman–Crippen LogP) is 3.79. The van der Waals surface area contributed by atoms with Crippen LogP contribution in [0, 0.1) is 5.92 Å². The van der Waals surface area contributed by atoms with Gasteiger partial charge < -0.3 is 19.7 Å². The normalized spacial score (nSPS) is 16.5. The molecule has 1 N–H and O–H groups in total. The summed E-state index contributed by atoms with van der Waals surface area (Å²) in [5.74, 6) is -0.592. The maximum absolute atomic E-state index is 13.0. The van der Waals surface area contributed by atoms with Gasteiger partial charge >= 0.3 is 6.18 Å². The van der Waals surface area contributed by atoms with Crippen LogP contribution in [0.2, 0.25) is 0 Å². The second-order valence-corrected chi connectivity index (χ2v) is 7.56. The number of anilines is 1. The Balaban J connectivity index is 1.88. The summed E-state index contributed by atoms with van der Waals surface area (Å²) >= 11 is 0. The molecule has 1 aliphatic heterocycles. The lowest BCUT2D eigenvalue weighted by atomic mass is 9.96. The number of methoxy groups -OCH3 is 2. The van der Waals surface area contributed by atoms with Crippen LogP contribution in [0.4, 0.5) is 19.0 Å². The van der Waals surface area contributed by atoms with Crippen LogP contribution in [0.1, 0.15) is 30.1 Å². The third-order valence-electron chi connectivity index (χ3n) is 5.31. The first-order valence-corrected chi connectivity index (χ1v) is 9.83. The van der Waals surface area contributed by atoms with Gasteiger partial charge in [-0.1, -0.05) is 0 Å². The predicted molar refractivity (Wildman–Crippen MR) is 108 cm³/mol. The number of fused-ring (bicyclic) bond motifs is 1. The first-order chi connectivity index (χ1) is 14.2. The van der Waals surface area contributed by atoms with E-state index in [1.165, 1.54) is 7.11 Å². The van der Waals surface area contributed by atoms with Crippen molar-refractivity contribution in [3.63, 3.8) is 0 Å². The number of hydrogen-bond donors (Lipinski definition) is 1. The van der Waals surface area contributed by atoms with E-state index in [0.29, 0.717) is 23.9 Å². The van der Waals surface area contributed by atoms with Gasteiger partial charge in [-0.05, 0) is 43.4 Å². The SMILES string of the molecule is COC[C@H](C)NC(=O)c1ccc2c(N3CCC(C(F)(F)F)CC3)nc(OC)cc2c1. The van der Waals surface area contributed by atoms with Gasteiger partial charge in [-0.15, -0.1) is 0 Å². The lowest BCUT2D eigenvalue weighted by Crippen LogP contribution is -2.39. The van der Waals surface area contributed by atoms with Gasteiger partial charge in [0, 0.05) is 43.3 Å². The van der Waals surface area contributed by atoms with E-state index in [0.717, 1.165) is 10.8 Å². The molecule has 0 bridgehead atoms. The molecule has 164 valence electrons. The minimum Gasteiger partial charge on any atom is -0.481 e. The Morgan fingerprint density at radius 3 is 2.57 bits per heavy atom. The summed E-state index contributed by atoms with van der Waals surface area (Å²) in [6.45, 7) is 2.76. The van der Waals surface area contributed by atoms with E-state index in [2.05, 4.69) is 10.3 Å². The fourth-order valence-corrected chi connectivity index (χ4v) is 3.72. The fraction of sp³-hybridized carbons (Fsp3) is 0.524. The number of nitrogens with zero attached hydrogens (tertiary/aromatic N) is 2. The molecule has 0 aliphatic carbocycles. The van der Waals surface area contributed by atoms with Crippen molar-refractivity contribution in [3.05, 3.63) is 29.8 Å². The van der Waals surface area contributed by atoms with Gasteiger partial charge in [0.2, 0.25) is 5.88 Å². The van der Waals surface area contributed by atoms with E-state index in [-0.39, 0.29) is 37.9 Å². The Labute approximate surface area is 173 Å². The van der Waals surface area contributed by atoms with Crippen molar-refractivity contribution in [1.29, 1.82) is 0 Å². The number of carbonyl (C=O) groups excluding carboxylic acids is 1. The molecule has 0 unspecified atom stereocenters. The van der Waals surface area contributed by atoms with Crippen molar-refractivity contribution < 1.29 is 27.4 Å². The zero-order valence-corrected chi connectivity index (χ0v) is 17.3. The van der Waals surface area contributed by atoms with Crippen LogP contribution in [0.15, 0.2) is 24.3 Å².